The Bertz CT molecular complexity index is 384. The SMILES string of the molecule is CSC1(CNc2cc(C)ccc2N)CCCC1. The molecular weight excluding hydrogens is 228 g/mol. The largest absolute Gasteiger partial charge is 0.397 e. The molecule has 2 rings (SSSR count). The van der Waals surface area contributed by atoms with Crippen LogP contribution in [0.15, 0.2) is 18.2 Å². The zero-order chi connectivity index (χ0) is 12.3. The van der Waals surface area contributed by atoms with Gasteiger partial charge in [-0.05, 0) is 43.7 Å². The summed E-state index contributed by atoms with van der Waals surface area (Å²) in [6.45, 7) is 3.13. The number of nitrogen functional groups attached to an aromatic ring is 1. The summed E-state index contributed by atoms with van der Waals surface area (Å²) in [4.78, 5) is 0. The average Bonchev–Trinajstić information content (AvgIpc) is 2.80. The number of hydrogen-bond donors (Lipinski definition) is 2. The molecule has 1 aliphatic rings. The van der Waals surface area contributed by atoms with Gasteiger partial charge in [0.2, 0.25) is 0 Å². The zero-order valence-corrected chi connectivity index (χ0v) is 11.6. The third-order valence-corrected chi connectivity index (χ3v) is 5.18. The topological polar surface area (TPSA) is 38.0 Å². The van der Waals surface area contributed by atoms with Gasteiger partial charge in [-0.1, -0.05) is 18.9 Å². The molecule has 0 radical (unpaired) electrons. The number of benzene rings is 1. The highest BCUT2D eigenvalue weighted by Crippen LogP contribution is 2.40. The van der Waals surface area contributed by atoms with E-state index < -0.39 is 0 Å². The third kappa shape index (κ3) is 2.89. The van der Waals surface area contributed by atoms with Crippen molar-refractivity contribution in [2.75, 3.05) is 23.9 Å². The third-order valence-electron chi connectivity index (χ3n) is 3.76. The molecular formula is C14H22N2S. The Morgan fingerprint density at radius 1 is 1.35 bits per heavy atom. The van der Waals surface area contributed by atoms with E-state index in [1.54, 1.807) is 0 Å². The van der Waals surface area contributed by atoms with Crippen LogP contribution in [0.3, 0.4) is 0 Å². The molecule has 1 aliphatic carbocycles. The van der Waals surface area contributed by atoms with Crippen LogP contribution in [0.1, 0.15) is 31.2 Å². The summed E-state index contributed by atoms with van der Waals surface area (Å²) >= 11 is 2.01. The summed E-state index contributed by atoms with van der Waals surface area (Å²) in [6.07, 6.45) is 7.62. The smallest absolute Gasteiger partial charge is 0.0577 e. The minimum atomic E-state index is 0.427. The van der Waals surface area contributed by atoms with Gasteiger partial charge in [0.25, 0.3) is 0 Å². The first kappa shape index (κ1) is 12.6. The van der Waals surface area contributed by atoms with Crippen LogP contribution in [0.25, 0.3) is 0 Å². The second-order valence-corrected chi connectivity index (χ2v) is 6.31. The summed E-state index contributed by atoms with van der Waals surface area (Å²) in [5.74, 6) is 0. The van der Waals surface area contributed by atoms with E-state index in [4.69, 9.17) is 5.73 Å². The van der Waals surface area contributed by atoms with Crippen molar-refractivity contribution in [2.24, 2.45) is 0 Å². The van der Waals surface area contributed by atoms with E-state index >= 15 is 0 Å². The summed E-state index contributed by atoms with van der Waals surface area (Å²) in [6, 6.07) is 6.18. The van der Waals surface area contributed by atoms with Crippen molar-refractivity contribution in [3.8, 4) is 0 Å². The van der Waals surface area contributed by atoms with Crippen molar-refractivity contribution in [3.63, 3.8) is 0 Å². The molecule has 0 aliphatic heterocycles. The normalized spacial score (nSPS) is 18.2. The number of nitrogens with one attached hydrogen (secondary N) is 1. The van der Waals surface area contributed by atoms with Crippen LogP contribution in [0.5, 0.6) is 0 Å². The maximum Gasteiger partial charge on any atom is 0.0577 e. The fourth-order valence-electron chi connectivity index (χ4n) is 2.55. The van der Waals surface area contributed by atoms with E-state index in [1.165, 1.54) is 31.2 Å². The lowest BCUT2D eigenvalue weighted by Gasteiger charge is -2.28. The van der Waals surface area contributed by atoms with E-state index in [0.29, 0.717) is 4.75 Å². The second kappa shape index (κ2) is 5.21. The molecule has 94 valence electrons. The summed E-state index contributed by atoms with van der Waals surface area (Å²) in [5.41, 5.74) is 9.19. The Morgan fingerprint density at radius 2 is 2.06 bits per heavy atom. The number of anilines is 2. The molecule has 0 aromatic heterocycles. The lowest BCUT2D eigenvalue weighted by Crippen LogP contribution is -2.30. The molecule has 3 heteroatoms. The van der Waals surface area contributed by atoms with Crippen molar-refractivity contribution in [3.05, 3.63) is 23.8 Å². The molecule has 0 amide bonds. The van der Waals surface area contributed by atoms with E-state index in [9.17, 15) is 0 Å². The van der Waals surface area contributed by atoms with Crippen LogP contribution >= 0.6 is 11.8 Å². The summed E-state index contributed by atoms with van der Waals surface area (Å²) < 4.78 is 0.427. The molecule has 0 saturated heterocycles. The molecule has 17 heavy (non-hydrogen) atoms. The van der Waals surface area contributed by atoms with Crippen molar-refractivity contribution in [2.45, 2.75) is 37.4 Å². The van der Waals surface area contributed by atoms with E-state index in [2.05, 4.69) is 30.6 Å². The van der Waals surface area contributed by atoms with E-state index in [0.717, 1.165) is 17.9 Å². The lowest BCUT2D eigenvalue weighted by molar-refractivity contribution is 0.640. The number of rotatable bonds is 4. The zero-order valence-electron chi connectivity index (χ0n) is 10.8. The minimum absolute atomic E-state index is 0.427. The number of hydrogen-bond acceptors (Lipinski definition) is 3. The molecule has 0 atom stereocenters. The van der Waals surface area contributed by atoms with Crippen LogP contribution in [0, 0.1) is 6.92 Å². The van der Waals surface area contributed by atoms with Crippen LogP contribution < -0.4 is 11.1 Å². The molecule has 0 unspecified atom stereocenters. The molecule has 1 aromatic carbocycles. The van der Waals surface area contributed by atoms with Gasteiger partial charge in [-0.2, -0.15) is 11.8 Å². The van der Waals surface area contributed by atoms with E-state index in [1.807, 2.05) is 17.8 Å². The van der Waals surface area contributed by atoms with Gasteiger partial charge in [0, 0.05) is 11.3 Å². The van der Waals surface area contributed by atoms with Gasteiger partial charge in [0.05, 0.1) is 11.4 Å². The van der Waals surface area contributed by atoms with E-state index in [-0.39, 0.29) is 0 Å². The van der Waals surface area contributed by atoms with Gasteiger partial charge in [-0.3, -0.25) is 0 Å². The molecule has 0 heterocycles. The van der Waals surface area contributed by atoms with Crippen molar-refractivity contribution >= 4 is 23.1 Å². The van der Waals surface area contributed by atoms with Crippen molar-refractivity contribution in [1.29, 1.82) is 0 Å². The van der Waals surface area contributed by atoms with Gasteiger partial charge < -0.3 is 11.1 Å². The van der Waals surface area contributed by atoms with Crippen LogP contribution in [0.4, 0.5) is 11.4 Å². The summed E-state index contributed by atoms with van der Waals surface area (Å²) in [7, 11) is 0. The van der Waals surface area contributed by atoms with Gasteiger partial charge >= 0.3 is 0 Å². The number of nitrogens with two attached hydrogens (primary N) is 1. The quantitative estimate of drug-likeness (QED) is 0.801. The fourth-order valence-corrected chi connectivity index (χ4v) is 3.47. The van der Waals surface area contributed by atoms with Crippen LogP contribution in [-0.4, -0.2) is 17.5 Å². The van der Waals surface area contributed by atoms with Crippen molar-refractivity contribution in [1.82, 2.24) is 0 Å². The highest BCUT2D eigenvalue weighted by atomic mass is 32.2. The number of thioether (sulfide) groups is 1. The molecule has 2 nitrogen and oxygen atoms in total. The lowest BCUT2D eigenvalue weighted by atomic mass is 10.1. The molecule has 1 aromatic rings. The monoisotopic (exact) mass is 250 g/mol. The van der Waals surface area contributed by atoms with Crippen molar-refractivity contribution < 1.29 is 0 Å². The van der Waals surface area contributed by atoms with Gasteiger partial charge in [0.15, 0.2) is 0 Å². The minimum Gasteiger partial charge on any atom is -0.397 e. The molecule has 0 spiro atoms. The average molecular weight is 250 g/mol. The van der Waals surface area contributed by atoms with Gasteiger partial charge in [-0.15, -0.1) is 0 Å². The maximum absolute atomic E-state index is 5.99. The Balaban J connectivity index is 2.03. The Labute approximate surface area is 108 Å². The molecule has 0 bridgehead atoms. The van der Waals surface area contributed by atoms with Gasteiger partial charge in [0.1, 0.15) is 0 Å². The van der Waals surface area contributed by atoms with Crippen LogP contribution in [-0.2, 0) is 0 Å². The van der Waals surface area contributed by atoms with Gasteiger partial charge in [-0.25, -0.2) is 0 Å². The van der Waals surface area contributed by atoms with Crippen LogP contribution in [0.2, 0.25) is 0 Å². The molecule has 1 fully saturated rings. The number of aryl methyl sites for hydroxylation is 1. The second-order valence-electron chi connectivity index (χ2n) is 5.04. The summed E-state index contributed by atoms with van der Waals surface area (Å²) in [5, 5.41) is 3.54. The predicted molar refractivity (Wildman–Crippen MR) is 78.8 cm³/mol. The Hall–Kier alpha value is -0.830. The predicted octanol–water partition coefficient (Wildman–Crippen LogP) is 3.66. The Morgan fingerprint density at radius 3 is 2.71 bits per heavy atom. The highest BCUT2D eigenvalue weighted by Gasteiger charge is 2.32. The standard InChI is InChI=1S/C14H22N2S/c1-11-5-6-12(15)13(9-11)16-10-14(17-2)7-3-4-8-14/h5-6,9,16H,3-4,7-8,10,15H2,1-2H3. The fraction of sp³-hybridized carbons (Fsp3) is 0.571. The first-order valence-electron chi connectivity index (χ1n) is 6.30. The Kier molecular flexibility index (Phi) is 3.87. The maximum atomic E-state index is 5.99. The highest BCUT2D eigenvalue weighted by molar-refractivity contribution is 8.00. The molecule has 1 saturated carbocycles. The first-order chi connectivity index (χ1) is 8.15. The molecule has 3 N–H and O–H groups in total. The first-order valence-corrected chi connectivity index (χ1v) is 7.53.